The maximum absolute atomic E-state index is 12.4. The maximum Gasteiger partial charge on any atom is 0.171 e. The van der Waals surface area contributed by atoms with Crippen LogP contribution in [-0.4, -0.2) is 16.8 Å². The van der Waals surface area contributed by atoms with Crippen molar-refractivity contribution in [1.29, 1.82) is 0 Å². The van der Waals surface area contributed by atoms with Crippen molar-refractivity contribution in [3.05, 3.63) is 23.9 Å². The normalized spacial score (nSPS) is 25.2. The highest BCUT2D eigenvalue weighted by atomic mass is 16.1. The number of ketones is 1. The van der Waals surface area contributed by atoms with Gasteiger partial charge >= 0.3 is 0 Å². The Kier molecular flexibility index (Phi) is 3.74. The summed E-state index contributed by atoms with van der Waals surface area (Å²) >= 11 is 0. The number of hydrogen-bond acceptors (Lipinski definition) is 4. The van der Waals surface area contributed by atoms with Gasteiger partial charge in [0.15, 0.2) is 5.78 Å². The number of carbonyl (C=O) groups is 1. The molecule has 1 heterocycles. The second-order valence-electron chi connectivity index (χ2n) is 4.71. The zero-order chi connectivity index (χ0) is 12.3. The molecule has 0 bridgehead atoms. The first-order chi connectivity index (χ1) is 8.20. The number of pyridine rings is 1. The van der Waals surface area contributed by atoms with E-state index in [2.05, 4.69) is 4.98 Å². The van der Waals surface area contributed by atoms with E-state index in [1.54, 1.807) is 18.3 Å². The molecule has 2 unspecified atom stereocenters. The molecule has 2 rings (SSSR count). The Hall–Kier alpha value is -1.42. The molecule has 0 aliphatic heterocycles. The number of anilines is 1. The van der Waals surface area contributed by atoms with Gasteiger partial charge in [-0.25, -0.2) is 4.98 Å². The minimum absolute atomic E-state index is 0.0374. The van der Waals surface area contributed by atoms with Crippen LogP contribution in [0.4, 0.5) is 5.82 Å². The predicted molar refractivity (Wildman–Crippen MR) is 67.5 cm³/mol. The fraction of sp³-hybridized carbons (Fsp3) is 0.538. The van der Waals surface area contributed by atoms with Crippen LogP contribution < -0.4 is 11.5 Å². The highest BCUT2D eigenvalue weighted by Crippen LogP contribution is 2.26. The first kappa shape index (κ1) is 12.0. The summed E-state index contributed by atoms with van der Waals surface area (Å²) in [7, 11) is 0. The van der Waals surface area contributed by atoms with Crippen LogP contribution >= 0.6 is 0 Å². The molecule has 1 fully saturated rings. The molecule has 1 saturated carbocycles. The third-order valence-electron chi connectivity index (χ3n) is 3.51. The number of carbonyl (C=O) groups excluding carboxylic acids is 1. The van der Waals surface area contributed by atoms with Crippen molar-refractivity contribution in [2.75, 3.05) is 5.73 Å². The number of rotatable bonds is 2. The van der Waals surface area contributed by atoms with Crippen LogP contribution in [0.5, 0.6) is 0 Å². The van der Waals surface area contributed by atoms with Gasteiger partial charge < -0.3 is 11.5 Å². The van der Waals surface area contributed by atoms with Gasteiger partial charge in [0.1, 0.15) is 5.82 Å². The van der Waals surface area contributed by atoms with Crippen LogP contribution in [-0.2, 0) is 0 Å². The van der Waals surface area contributed by atoms with E-state index in [9.17, 15) is 4.79 Å². The van der Waals surface area contributed by atoms with Gasteiger partial charge in [-0.15, -0.1) is 0 Å². The molecule has 4 heteroatoms. The summed E-state index contributed by atoms with van der Waals surface area (Å²) < 4.78 is 0. The minimum Gasteiger partial charge on any atom is -0.383 e. The fourth-order valence-electron chi connectivity index (χ4n) is 2.49. The zero-order valence-electron chi connectivity index (χ0n) is 9.93. The van der Waals surface area contributed by atoms with Crippen molar-refractivity contribution in [2.24, 2.45) is 11.7 Å². The summed E-state index contributed by atoms with van der Waals surface area (Å²) in [6.45, 7) is 0. The Morgan fingerprint density at radius 1 is 1.29 bits per heavy atom. The molecule has 0 spiro atoms. The summed E-state index contributed by atoms with van der Waals surface area (Å²) in [6, 6.07) is 3.44. The molecule has 92 valence electrons. The summed E-state index contributed by atoms with van der Waals surface area (Å²) in [6.07, 6.45) is 6.75. The van der Waals surface area contributed by atoms with Gasteiger partial charge in [0.25, 0.3) is 0 Å². The molecule has 17 heavy (non-hydrogen) atoms. The lowest BCUT2D eigenvalue weighted by molar-refractivity contribution is 0.0895. The van der Waals surface area contributed by atoms with E-state index >= 15 is 0 Å². The number of hydrogen-bond donors (Lipinski definition) is 2. The molecule has 1 aliphatic carbocycles. The van der Waals surface area contributed by atoms with Crippen molar-refractivity contribution in [2.45, 2.75) is 38.1 Å². The third kappa shape index (κ3) is 2.64. The third-order valence-corrected chi connectivity index (χ3v) is 3.51. The van der Waals surface area contributed by atoms with Gasteiger partial charge in [-0.1, -0.05) is 19.3 Å². The average molecular weight is 233 g/mol. The number of nitrogen functional groups attached to an aromatic ring is 1. The highest BCUT2D eigenvalue weighted by molar-refractivity contribution is 6.01. The Balaban J connectivity index is 2.21. The molecule has 1 aromatic heterocycles. The molecule has 0 aromatic carbocycles. The zero-order valence-corrected chi connectivity index (χ0v) is 9.93. The molecule has 0 saturated heterocycles. The van der Waals surface area contributed by atoms with Crippen LogP contribution in [0.1, 0.15) is 42.5 Å². The fourth-order valence-corrected chi connectivity index (χ4v) is 2.49. The first-order valence-corrected chi connectivity index (χ1v) is 6.20. The quantitative estimate of drug-likeness (QED) is 0.602. The van der Waals surface area contributed by atoms with Crippen LogP contribution in [0.2, 0.25) is 0 Å². The number of nitrogens with two attached hydrogens (primary N) is 2. The Labute approximate surface area is 101 Å². The average Bonchev–Trinajstić information content (AvgIpc) is 2.54. The van der Waals surface area contributed by atoms with Crippen molar-refractivity contribution >= 4 is 11.6 Å². The van der Waals surface area contributed by atoms with Gasteiger partial charge in [-0.2, -0.15) is 0 Å². The standard InChI is InChI=1S/C13H19N3O/c14-11-7-3-1-2-5-9(11)12(17)10-6-4-8-16-13(10)15/h4,6,8-9,11H,1-3,5,7,14H2,(H2,15,16). The largest absolute Gasteiger partial charge is 0.383 e. The molecule has 4 N–H and O–H groups in total. The summed E-state index contributed by atoms with van der Waals surface area (Å²) in [5, 5.41) is 0. The molecule has 2 atom stereocenters. The topological polar surface area (TPSA) is 82.0 Å². The summed E-state index contributed by atoms with van der Waals surface area (Å²) in [5.74, 6) is 0.281. The van der Waals surface area contributed by atoms with E-state index < -0.39 is 0 Å². The molecular weight excluding hydrogens is 214 g/mol. The van der Waals surface area contributed by atoms with Crippen LogP contribution in [0.15, 0.2) is 18.3 Å². The molecule has 1 aliphatic rings. The predicted octanol–water partition coefficient (Wildman–Crippen LogP) is 1.75. The van der Waals surface area contributed by atoms with Gasteiger partial charge in [0, 0.05) is 18.2 Å². The van der Waals surface area contributed by atoms with Crippen molar-refractivity contribution < 1.29 is 4.79 Å². The first-order valence-electron chi connectivity index (χ1n) is 6.20. The van der Waals surface area contributed by atoms with Gasteiger partial charge in [-0.05, 0) is 25.0 Å². The van der Waals surface area contributed by atoms with Crippen LogP contribution in [0, 0.1) is 5.92 Å². The Morgan fingerprint density at radius 2 is 2.06 bits per heavy atom. The molecule has 4 nitrogen and oxygen atoms in total. The van der Waals surface area contributed by atoms with E-state index in [0.29, 0.717) is 11.4 Å². The Bertz CT molecular complexity index is 405. The number of aromatic nitrogens is 1. The lowest BCUT2D eigenvalue weighted by Crippen LogP contribution is -2.35. The molecule has 0 amide bonds. The number of Topliss-reactive ketones (excluding diaryl/α,β-unsaturated/α-hetero) is 1. The molecule has 1 aromatic rings. The SMILES string of the molecule is Nc1ncccc1C(=O)C1CCCCCC1N. The van der Waals surface area contributed by atoms with E-state index in [1.165, 1.54) is 6.42 Å². The lowest BCUT2D eigenvalue weighted by atomic mass is 9.88. The van der Waals surface area contributed by atoms with Gasteiger partial charge in [0.05, 0.1) is 5.56 Å². The van der Waals surface area contributed by atoms with Crippen molar-refractivity contribution in [3.8, 4) is 0 Å². The summed E-state index contributed by atoms with van der Waals surface area (Å²) in [4.78, 5) is 16.3. The highest BCUT2D eigenvalue weighted by Gasteiger charge is 2.28. The van der Waals surface area contributed by atoms with E-state index in [0.717, 1.165) is 25.7 Å². The van der Waals surface area contributed by atoms with Gasteiger partial charge in [0.2, 0.25) is 0 Å². The summed E-state index contributed by atoms with van der Waals surface area (Å²) in [5.41, 5.74) is 12.3. The van der Waals surface area contributed by atoms with Crippen molar-refractivity contribution in [3.63, 3.8) is 0 Å². The van der Waals surface area contributed by atoms with Crippen LogP contribution in [0.25, 0.3) is 0 Å². The monoisotopic (exact) mass is 233 g/mol. The van der Waals surface area contributed by atoms with Crippen molar-refractivity contribution in [1.82, 2.24) is 4.98 Å². The maximum atomic E-state index is 12.4. The second kappa shape index (κ2) is 5.27. The second-order valence-corrected chi connectivity index (χ2v) is 4.71. The van der Waals surface area contributed by atoms with Gasteiger partial charge in [-0.3, -0.25) is 4.79 Å². The van der Waals surface area contributed by atoms with E-state index in [1.807, 2.05) is 0 Å². The molecule has 0 radical (unpaired) electrons. The van der Waals surface area contributed by atoms with E-state index in [4.69, 9.17) is 11.5 Å². The minimum atomic E-state index is -0.0935. The van der Waals surface area contributed by atoms with E-state index in [-0.39, 0.29) is 17.7 Å². The Morgan fingerprint density at radius 3 is 2.82 bits per heavy atom. The molecular formula is C13H19N3O. The lowest BCUT2D eigenvalue weighted by Gasteiger charge is -2.20. The number of nitrogens with zero attached hydrogens (tertiary/aromatic N) is 1. The van der Waals surface area contributed by atoms with Crippen LogP contribution in [0.3, 0.4) is 0 Å². The smallest absolute Gasteiger partial charge is 0.171 e.